The van der Waals surface area contributed by atoms with Gasteiger partial charge in [0.25, 0.3) is 0 Å². The fraction of sp³-hybridized carbons (Fsp3) is 0.704. The second kappa shape index (κ2) is 12.0. The molecule has 0 bridgehead atoms. The van der Waals surface area contributed by atoms with Gasteiger partial charge in [0.1, 0.15) is 0 Å². The zero-order valence-corrected chi connectivity index (χ0v) is 18.7. The summed E-state index contributed by atoms with van der Waals surface area (Å²) in [6.45, 7) is 2.19. The van der Waals surface area contributed by atoms with E-state index in [4.69, 9.17) is 0 Å². The lowest BCUT2D eigenvalue weighted by Crippen LogP contribution is -2.26. The van der Waals surface area contributed by atoms with Crippen LogP contribution in [0.4, 0.5) is 13.2 Å². The first kappa shape index (κ1) is 23.4. The Labute approximate surface area is 181 Å². The second-order valence-corrected chi connectivity index (χ2v) is 9.78. The molecule has 0 radical (unpaired) electrons. The number of allylic oxidation sites excluding steroid dienone is 2. The maximum absolute atomic E-state index is 13.4. The van der Waals surface area contributed by atoms with Crippen molar-refractivity contribution in [3.05, 3.63) is 47.3 Å². The van der Waals surface area contributed by atoms with Gasteiger partial charge >= 0.3 is 0 Å². The Morgan fingerprint density at radius 2 is 1.30 bits per heavy atom. The van der Waals surface area contributed by atoms with Gasteiger partial charge in [-0.1, -0.05) is 51.2 Å². The van der Waals surface area contributed by atoms with Crippen molar-refractivity contribution in [2.75, 3.05) is 0 Å². The second-order valence-electron chi connectivity index (χ2n) is 9.78. The van der Waals surface area contributed by atoms with Crippen LogP contribution in [-0.2, 0) is 6.42 Å². The van der Waals surface area contributed by atoms with Gasteiger partial charge in [-0.2, -0.15) is 0 Å². The average molecular weight is 421 g/mol. The molecule has 2 aliphatic carbocycles. The molecule has 168 valence electrons. The third kappa shape index (κ3) is 6.89. The molecule has 0 nitrogen and oxygen atoms in total. The molecular weight excluding hydrogens is 381 g/mol. The van der Waals surface area contributed by atoms with Gasteiger partial charge in [0.15, 0.2) is 17.5 Å². The number of aryl methyl sites for hydroxylation is 1. The van der Waals surface area contributed by atoms with Gasteiger partial charge in [-0.15, -0.1) is 0 Å². The SMILES string of the molecule is CCC=CCCCC1CCC(C2CCC(CCc3cc(F)c(F)c(F)c3)CC2)CC1. The largest absolute Gasteiger partial charge is 0.204 e. The highest BCUT2D eigenvalue weighted by molar-refractivity contribution is 5.19. The Bertz CT molecular complexity index is 642. The maximum atomic E-state index is 13.4. The van der Waals surface area contributed by atoms with Crippen LogP contribution in [0, 0.1) is 41.1 Å². The predicted octanol–water partition coefficient (Wildman–Crippen LogP) is 8.79. The van der Waals surface area contributed by atoms with Gasteiger partial charge in [-0.25, -0.2) is 13.2 Å². The van der Waals surface area contributed by atoms with Crippen LogP contribution >= 0.6 is 0 Å². The van der Waals surface area contributed by atoms with E-state index in [1.54, 1.807) is 0 Å². The third-order valence-corrected chi connectivity index (χ3v) is 7.72. The van der Waals surface area contributed by atoms with E-state index in [0.29, 0.717) is 17.9 Å². The van der Waals surface area contributed by atoms with E-state index in [0.717, 1.165) is 42.7 Å². The Morgan fingerprint density at radius 3 is 1.83 bits per heavy atom. The lowest BCUT2D eigenvalue weighted by atomic mass is 9.68. The van der Waals surface area contributed by atoms with E-state index in [1.807, 2.05) is 0 Å². The molecule has 0 N–H and O–H groups in total. The molecule has 0 atom stereocenters. The fourth-order valence-electron chi connectivity index (χ4n) is 5.83. The molecular formula is C27H39F3. The van der Waals surface area contributed by atoms with E-state index < -0.39 is 17.5 Å². The van der Waals surface area contributed by atoms with Crippen molar-refractivity contribution >= 4 is 0 Å². The number of halogens is 3. The van der Waals surface area contributed by atoms with Crippen LogP contribution in [-0.4, -0.2) is 0 Å². The topological polar surface area (TPSA) is 0 Å². The van der Waals surface area contributed by atoms with Crippen molar-refractivity contribution in [2.24, 2.45) is 23.7 Å². The van der Waals surface area contributed by atoms with E-state index >= 15 is 0 Å². The first-order valence-electron chi connectivity index (χ1n) is 12.3. The summed E-state index contributed by atoms with van der Waals surface area (Å²) in [5.74, 6) is -0.0993. The summed E-state index contributed by atoms with van der Waals surface area (Å²) >= 11 is 0. The van der Waals surface area contributed by atoms with E-state index in [2.05, 4.69) is 19.1 Å². The fourth-order valence-corrected chi connectivity index (χ4v) is 5.83. The standard InChI is InChI=1S/C27H39F3/c1-2-3-4-5-6-7-20-10-14-23(15-11-20)24-16-12-21(13-17-24)8-9-22-18-25(28)27(30)26(29)19-22/h3-4,18-21,23-24H,2,5-17H2,1H3. The summed E-state index contributed by atoms with van der Waals surface area (Å²) in [6, 6.07) is 2.31. The summed E-state index contributed by atoms with van der Waals surface area (Å²) in [6.07, 6.45) is 22.1. The molecule has 2 saturated carbocycles. The van der Waals surface area contributed by atoms with Crippen molar-refractivity contribution in [3.8, 4) is 0 Å². The molecule has 2 fully saturated rings. The number of benzene rings is 1. The first-order chi connectivity index (χ1) is 14.6. The van der Waals surface area contributed by atoms with Gasteiger partial charge in [0, 0.05) is 0 Å². The van der Waals surface area contributed by atoms with E-state index in [9.17, 15) is 13.2 Å². The quantitative estimate of drug-likeness (QED) is 0.213. The minimum absolute atomic E-state index is 0.581. The molecule has 0 spiro atoms. The van der Waals surface area contributed by atoms with E-state index in [1.165, 1.54) is 70.6 Å². The number of hydrogen-bond acceptors (Lipinski definition) is 0. The average Bonchev–Trinajstić information content (AvgIpc) is 2.76. The van der Waals surface area contributed by atoms with Crippen molar-refractivity contribution in [2.45, 2.75) is 96.8 Å². The Kier molecular flexibility index (Phi) is 9.33. The minimum atomic E-state index is -1.36. The van der Waals surface area contributed by atoms with Crippen LogP contribution in [0.15, 0.2) is 24.3 Å². The predicted molar refractivity (Wildman–Crippen MR) is 119 cm³/mol. The van der Waals surface area contributed by atoms with Crippen LogP contribution in [0.1, 0.15) is 96.0 Å². The molecule has 0 aromatic heterocycles. The maximum Gasteiger partial charge on any atom is 0.194 e. The van der Waals surface area contributed by atoms with Gasteiger partial charge in [0.2, 0.25) is 0 Å². The monoisotopic (exact) mass is 420 g/mol. The molecule has 3 heteroatoms. The highest BCUT2D eigenvalue weighted by Gasteiger charge is 2.30. The molecule has 0 unspecified atom stereocenters. The lowest BCUT2D eigenvalue weighted by Gasteiger charge is -2.38. The van der Waals surface area contributed by atoms with Crippen molar-refractivity contribution in [1.29, 1.82) is 0 Å². The third-order valence-electron chi connectivity index (χ3n) is 7.72. The molecule has 0 heterocycles. The van der Waals surface area contributed by atoms with Crippen molar-refractivity contribution in [3.63, 3.8) is 0 Å². The zero-order valence-electron chi connectivity index (χ0n) is 18.7. The number of rotatable bonds is 9. The Morgan fingerprint density at radius 1 is 0.767 bits per heavy atom. The minimum Gasteiger partial charge on any atom is -0.204 e. The van der Waals surface area contributed by atoms with Crippen LogP contribution in [0.3, 0.4) is 0 Å². The Balaban J connectivity index is 1.33. The summed E-state index contributed by atoms with van der Waals surface area (Å²) in [4.78, 5) is 0. The summed E-state index contributed by atoms with van der Waals surface area (Å²) in [5, 5.41) is 0. The number of hydrogen-bond donors (Lipinski definition) is 0. The van der Waals surface area contributed by atoms with Crippen LogP contribution in [0.25, 0.3) is 0 Å². The number of unbranched alkanes of at least 4 members (excludes halogenated alkanes) is 1. The molecule has 1 aromatic carbocycles. The van der Waals surface area contributed by atoms with E-state index in [-0.39, 0.29) is 0 Å². The summed E-state index contributed by atoms with van der Waals surface area (Å²) in [5.41, 5.74) is 0.581. The Hall–Kier alpha value is -1.25. The van der Waals surface area contributed by atoms with Crippen LogP contribution in [0.5, 0.6) is 0 Å². The van der Waals surface area contributed by atoms with Gasteiger partial charge < -0.3 is 0 Å². The summed E-state index contributed by atoms with van der Waals surface area (Å²) < 4.78 is 39.9. The normalized spacial score (nSPS) is 27.6. The molecule has 2 aliphatic rings. The lowest BCUT2D eigenvalue weighted by molar-refractivity contribution is 0.141. The smallest absolute Gasteiger partial charge is 0.194 e. The molecule has 1 aromatic rings. The molecule has 0 amide bonds. The van der Waals surface area contributed by atoms with Crippen LogP contribution < -0.4 is 0 Å². The zero-order chi connectivity index (χ0) is 21.3. The summed E-state index contributed by atoms with van der Waals surface area (Å²) in [7, 11) is 0. The van der Waals surface area contributed by atoms with Gasteiger partial charge in [-0.3, -0.25) is 0 Å². The molecule has 0 aliphatic heterocycles. The highest BCUT2D eigenvalue weighted by Crippen LogP contribution is 2.43. The molecule has 30 heavy (non-hydrogen) atoms. The first-order valence-corrected chi connectivity index (χ1v) is 12.3. The highest BCUT2D eigenvalue weighted by atomic mass is 19.2. The molecule has 3 rings (SSSR count). The van der Waals surface area contributed by atoms with Crippen LogP contribution in [0.2, 0.25) is 0 Å². The van der Waals surface area contributed by atoms with Crippen molar-refractivity contribution in [1.82, 2.24) is 0 Å². The molecule has 0 saturated heterocycles. The van der Waals surface area contributed by atoms with Gasteiger partial charge in [0.05, 0.1) is 0 Å². The van der Waals surface area contributed by atoms with Gasteiger partial charge in [-0.05, 0) is 99.2 Å². The van der Waals surface area contributed by atoms with Crippen molar-refractivity contribution < 1.29 is 13.2 Å².